The van der Waals surface area contributed by atoms with Crippen molar-refractivity contribution < 1.29 is 19.1 Å². The predicted octanol–water partition coefficient (Wildman–Crippen LogP) is 2.91. The van der Waals surface area contributed by atoms with Crippen LogP contribution < -0.4 is 0 Å². The van der Waals surface area contributed by atoms with Gasteiger partial charge < -0.3 is 14.4 Å². The molecule has 2 spiro atoms. The summed E-state index contributed by atoms with van der Waals surface area (Å²) >= 11 is 0. The molecule has 3 aliphatic heterocycles. The second-order valence-electron chi connectivity index (χ2n) is 8.78. The fourth-order valence-corrected chi connectivity index (χ4v) is 5.40. The number of hydrogen-bond donors (Lipinski definition) is 0. The van der Waals surface area contributed by atoms with E-state index >= 15 is 0 Å². The van der Waals surface area contributed by atoms with Gasteiger partial charge in [-0.05, 0) is 29.7 Å². The van der Waals surface area contributed by atoms with Crippen LogP contribution in [0, 0.1) is 6.92 Å². The number of amidine groups is 1. The van der Waals surface area contributed by atoms with E-state index in [9.17, 15) is 9.59 Å². The number of carbonyl (C=O) groups excluding carboxylic acids is 2. The van der Waals surface area contributed by atoms with E-state index in [1.807, 2.05) is 35.2 Å². The van der Waals surface area contributed by atoms with Gasteiger partial charge in [0.05, 0.1) is 5.56 Å². The molecule has 4 aliphatic rings. The number of fused-ring (bicyclic) bond motifs is 3. The van der Waals surface area contributed by atoms with E-state index in [4.69, 9.17) is 9.47 Å². The Labute approximate surface area is 174 Å². The highest BCUT2D eigenvalue weighted by atomic mass is 16.6. The van der Waals surface area contributed by atoms with Crippen LogP contribution >= 0.6 is 0 Å². The number of piperidine rings is 1. The van der Waals surface area contributed by atoms with Crippen LogP contribution in [0.2, 0.25) is 0 Å². The summed E-state index contributed by atoms with van der Waals surface area (Å²) in [6.07, 6.45) is 2.44. The summed E-state index contributed by atoms with van der Waals surface area (Å²) < 4.78 is 12.1. The molecule has 0 radical (unpaired) electrons. The van der Waals surface area contributed by atoms with Crippen LogP contribution in [-0.4, -0.2) is 41.5 Å². The maximum atomic E-state index is 12.9. The van der Waals surface area contributed by atoms with Gasteiger partial charge in [-0.2, -0.15) is 4.99 Å². The molecule has 1 amide bonds. The summed E-state index contributed by atoms with van der Waals surface area (Å²) in [4.78, 5) is 31.5. The molecular formula is C24H22N2O4. The van der Waals surface area contributed by atoms with Crippen LogP contribution in [-0.2, 0) is 32.7 Å². The lowest BCUT2D eigenvalue weighted by Crippen LogP contribution is -2.47. The minimum Gasteiger partial charge on any atom is -0.450 e. The highest BCUT2D eigenvalue weighted by Crippen LogP contribution is 2.45. The number of rotatable bonds is 0. The average molecular weight is 402 g/mol. The lowest BCUT2D eigenvalue weighted by molar-refractivity contribution is -0.130. The van der Waals surface area contributed by atoms with Crippen molar-refractivity contribution in [2.24, 2.45) is 4.99 Å². The maximum absolute atomic E-state index is 12.9. The number of aryl methyl sites for hydroxylation is 1. The van der Waals surface area contributed by atoms with Crippen molar-refractivity contribution in [3.05, 3.63) is 70.3 Å². The molecule has 152 valence electrons. The van der Waals surface area contributed by atoms with Crippen LogP contribution in [0.25, 0.3) is 0 Å². The number of aliphatic imine (C=N–C) groups is 1. The Morgan fingerprint density at radius 3 is 2.53 bits per heavy atom. The van der Waals surface area contributed by atoms with Crippen LogP contribution in [0.3, 0.4) is 0 Å². The second kappa shape index (κ2) is 5.94. The lowest BCUT2D eigenvalue weighted by Gasteiger charge is -2.39. The molecule has 1 aliphatic carbocycles. The molecule has 1 saturated heterocycles. The SMILES string of the molecule is Cc1cccc2c1CC1(C2)OC(N2CCC3(CC2)OC(=O)c2ccccc23)=NC1=O. The van der Waals surface area contributed by atoms with E-state index in [-0.39, 0.29) is 11.9 Å². The normalized spacial score (nSPS) is 25.9. The van der Waals surface area contributed by atoms with Crippen molar-refractivity contribution in [2.75, 3.05) is 13.1 Å². The average Bonchev–Trinajstić information content (AvgIpc) is 3.37. The smallest absolute Gasteiger partial charge is 0.339 e. The Morgan fingerprint density at radius 1 is 0.933 bits per heavy atom. The number of benzene rings is 2. The number of amides is 1. The molecule has 6 rings (SSSR count). The highest BCUT2D eigenvalue weighted by molar-refractivity contribution is 6.02. The van der Waals surface area contributed by atoms with Gasteiger partial charge in [-0.3, -0.25) is 4.79 Å². The van der Waals surface area contributed by atoms with Gasteiger partial charge >= 0.3 is 5.97 Å². The summed E-state index contributed by atoms with van der Waals surface area (Å²) in [6.45, 7) is 3.31. The Hall–Kier alpha value is -3.15. The number of hydrogen-bond acceptors (Lipinski definition) is 5. The Balaban J connectivity index is 1.20. The third-order valence-electron chi connectivity index (χ3n) is 7.09. The molecule has 1 atom stereocenters. The van der Waals surface area contributed by atoms with E-state index < -0.39 is 11.2 Å². The number of carbonyl (C=O) groups is 2. The van der Waals surface area contributed by atoms with E-state index in [2.05, 4.69) is 24.0 Å². The van der Waals surface area contributed by atoms with Crippen molar-refractivity contribution in [1.82, 2.24) is 4.90 Å². The molecule has 6 nitrogen and oxygen atoms in total. The Bertz CT molecular complexity index is 1130. The first-order valence-corrected chi connectivity index (χ1v) is 10.5. The van der Waals surface area contributed by atoms with Crippen LogP contribution in [0.5, 0.6) is 0 Å². The Kier molecular flexibility index (Phi) is 3.50. The molecule has 0 saturated carbocycles. The summed E-state index contributed by atoms with van der Waals surface area (Å²) in [5, 5.41) is 0. The lowest BCUT2D eigenvalue weighted by atomic mass is 9.84. The fraction of sp³-hybridized carbons (Fsp3) is 0.375. The molecule has 0 N–H and O–H groups in total. The van der Waals surface area contributed by atoms with Gasteiger partial charge in [-0.15, -0.1) is 0 Å². The molecule has 3 heterocycles. The standard InChI is InChI=1S/C24H22N2O4/c1-15-5-4-6-16-13-24(14-18(15)16)21(28)25-22(30-24)26-11-9-23(10-12-26)19-8-3-2-7-17(19)20(27)29-23/h2-8H,9-14H2,1H3. The molecule has 2 aromatic carbocycles. The molecule has 1 unspecified atom stereocenters. The Morgan fingerprint density at radius 2 is 1.73 bits per heavy atom. The summed E-state index contributed by atoms with van der Waals surface area (Å²) in [5.74, 6) is -0.437. The largest absolute Gasteiger partial charge is 0.450 e. The minimum atomic E-state index is -0.897. The molecule has 0 bridgehead atoms. The zero-order valence-corrected chi connectivity index (χ0v) is 16.8. The van der Waals surface area contributed by atoms with Crippen molar-refractivity contribution in [3.8, 4) is 0 Å². The van der Waals surface area contributed by atoms with Crippen molar-refractivity contribution >= 4 is 17.9 Å². The van der Waals surface area contributed by atoms with Gasteiger partial charge in [-0.25, -0.2) is 4.79 Å². The molecular weight excluding hydrogens is 380 g/mol. The van der Waals surface area contributed by atoms with Crippen molar-refractivity contribution in [3.63, 3.8) is 0 Å². The fourth-order valence-electron chi connectivity index (χ4n) is 5.40. The number of esters is 1. The van der Waals surface area contributed by atoms with Crippen LogP contribution in [0.1, 0.15) is 45.5 Å². The first kappa shape index (κ1) is 17.7. The van der Waals surface area contributed by atoms with Gasteiger partial charge in [0, 0.05) is 44.3 Å². The molecule has 30 heavy (non-hydrogen) atoms. The topological polar surface area (TPSA) is 68.2 Å². The van der Waals surface area contributed by atoms with Crippen LogP contribution in [0.4, 0.5) is 0 Å². The van der Waals surface area contributed by atoms with Crippen LogP contribution in [0.15, 0.2) is 47.5 Å². The zero-order chi connectivity index (χ0) is 20.5. The van der Waals surface area contributed by atoms with Gasteiger partial charge in [0.15, 0.2) is 0 Å². The number of likely N-dealkylation sites (tertiary alicyclic amines) is 1. The van der Waals surface area contributed by atoms with Gasteiger partial charge in [-0.1, -0.05) is 36.4 Å². The third kappa shape index (κ3) is 2.33. The quantitative estimate of drug-likeness (QED) is 0.634. The van der Waals surface area contributed by atoms with Gasteiger partial charge in [0.25, 0.3) is 11.9 Å². The summed E-state index contributed by atoms with van der Waals surface area (Å²) in [6, 6.07) is 14.2. The van der Waals surface area contributed by atoms with E-state index in [0.717, 1.165) is 5.56 Å². The van der Waals surface area contributed by atoms with E-state index in [0.29, 0.717) is 50.4 Å². The molecule has 6 heteroatoms. The van der Waals surface area contributed by atoms with Gasteiger partial charge in [0.2, 0.25) is 5.60 Å². The first-order chi connectivity index (χ1) is 14.5. The summed E-state index contributed by atoms with van der Waals surface area (Å²) in [5.41, 5.74) is 3.72. The third-order valence-corrected chi connectivity index (χ3v) is 7.09. The van der Waals surface area contributed by atoms with Gasteiger partial charge in [0.1, 0.15) is 5.60 Å². The molecule has 1 fully saturated rings. The maximum Gasteiger partial charge on any atom is 0.339 e. The molecule has 0 aromatic heterocycles. The number of nitrogens with zero attached hydrogens (tertiary/aromatic N) is 2. The van der Waals surface area contributed by atoms with Crippen molar-refractivity contribution in [1.29, 1.82) is 0 Å². The van der Waals surface area contributed by atoms with E-state index in [1.165, 1.54) is 16.7 Å². The zero-order valence-electron chi connectivity index (χ0n) is 16.8. The van der Waals surface area contributed by atoms with E-state index in [1.54, 1.807) is 0 Å². The minimum absolute atomic E-state index is 0.189. The number of ether oxygens (including phenoxy) is 2. The second-order valence-corrected chi connectivity index (χ2v) is 8.78. The monoisotopic (exact) mass is 402 g/mol. The first-order valence-electron chi connectivity index (χ1n) is 10.5. The molecule has 2 aromatic rings. The van der Waals surface area contributed by atoms with Crippen molar-refractivity contribution in [2.45, 2.75) is 43.8 Å². The predicted molar refractivity (Wildman–Crippen MR) is 109 cm³/mol. The summed E-state index contributed by atoms with van der Waals surface area (Å²) in [7, 11) is 0. The highest BCUT2D eigenvalue weighted by Gasteiger charge is 2.53.